The van der Waals surface area contributed by atoms with Gasteiger partial charge in [-0.15, -0.1) is 0 Å². The van der Waals surface area contributed by atoms with Crippen molar-refractivity contribution in [3.8, 4) is 6.07 Å². The number of rotatable bonds is 2. The van der Waals surface area contributed by atoms with E-state index < -0.39 is 0 Å². The summed E-state index contributed by atoms with van der Waals surface area (Å²) >= 11 is 0. The monoisotopic (exact) mass is 330 g/mol. The smallest absolute Gasteiger partial charge is 0.228 e. The van der Waals surface area contributed by atoms with Crippen LogP contribution in [0.1, 0.15) is 27.2 Å². The van der Waals surface area contributed by atoms with Crippen LogP contribution < -0.4 is 5.32 Å². The third-order valence-corrected chi connectivity index (χ3v) is 2.36. The second kappa shape index (κ2) is 6.55. The van der Waals surface area contributed by atoms with Crippen LogP contribution >= 0.6 is 0 Å². The van der Waals surface area contributed by atoms with Crippen molar-refractivity contribution in [1.82, 2.24) is 10.3 Å². The summed E-state index contributed by atoms with van der Waals surface area (Å²) in [7, 11) is 0. The first-order valence-corrected chi connectivity index (χ1v) is 5.15. The first-order valence-electron chi connectivity index (χ1n) is 5.15. The number of carbonyl (C=O) groups excluding carboxylic acids is 1. The molecule has 1 N–H and O–H groups in total. The zero-order chi connectivity index (χ0) is 13.1. The van der Waals surface area contributed by atoms with Crippen molar-refractivity contribution >= 4 is 11.7 Å². The van der Waals surface area contributed by atoms with Crippen molar-refractivity contribution < 1.29 is 42.1 Å². The van der Waals surface area contributed by atoms with Crippen LogP contribution in [0.25, 0.3) is 0 Å². The molecule has 0 bridgehead atoms. The number of benzene rings is 1. The number of hydrogen-bond donors (Lipinski definition) is 1. The van der Waals surface area contributed by atoms with E-state index in [0.717, 1.165) is 11.1 Å². The molecule has 1 radical (unpaired) electrons. The first kappa shape index (κ1) is 15.5. The number of anilines is 1. The summed E-state index contributed by atoms with van der Waals surface area (Å²) in [5.74, 6) is -0.363. The zero-order valence-electron chi connectivity index (χ0n) is 10.4. The van der Waals surface area contributed by atoms with Crippen LogP contribution in [0.2, 0.25) is 0 Å². The molecule has 0 unspecified atom stereocenters. The van der Waals surface area contributed by atoms with Crippen LogP contribution in [-0.4, -0.2) is 16.2 Å². The van der Waals surface area contributed by atoms with Crippen LogP contribution in [-0.2, 0) is 32.7 Å². The van der Waals surface area contributed by atoms with Gasteiger partial charge in [-0.1, -0.05) is 19.4 Å². The first-order chi connectivity index (χ1) is 8.61. The number of nitriles is 1. The van der Waals surface area contributed by atoms with Crippen LogP contribution in [0.3, 0.4) is 0 Å². The molecule has 6 nitrogen and oxygen atoms in total. The van der Waals surface area contributed by atoms with Gasteiger partial charge in [0, 0.05) is 32.7 Å². The molecule has 0 fully saturated rings. The maximum atomic E-state index is 12.0. The van der Waals surface area contributed by atoms with Crippen molar-refractivity contribution in [1.29, 1.82) is 5.26 Å². The van der Waals surface area contributed by atoms with Gasteiger partial charge in [0.15, 0.2) is 0 Å². The van der Waals surface area contributed by atoms with E-state index >= 15 is 0 Å². The molecule has 0 saturated heterocycles. The van der Waals surface area contributed by atoms with Crippen LogP contribution in [0, 0.1) is 31.2 Å². The molecule has 1 amide bonds. The third kappa shape index (κ3) is 3.46. The predicted octanol–water partition coefficient (Wildman–Crippen LogP) is 1.61. The fraction of sp³-hybridized carbons (Fsp3) is 0.167. The summed E-state index contributed by atoms with van der Waals surface area (Å²) in [5.41, 5.74) is 2.08. The van der Waals surface area contributed by atoms with Gasteiger partial charge >= 0.3 is 0 Å². The molecule has 7 heteroatoms. The maximum Gasteiger partial charge on any atom is 0.228 e. The maximum absolute atomic E-state index is 12.0. The minimum atomic E-state index is -0.379. The Bertz CT molecular complexity index is 645. The van der Waals surface area contributed by atoms with E-state index in [1.165, 1.54) is 0 Å². The Kier molecular flexibility index (Phi) is 5.34. The van der Waals surface area contributed by atoms with Crippen LogP contribution in [0.15, 0.2) is 16.8 Å². The van der Waals surface area contributed by atoms with E-state index in [0.29, 0.717) is 5.56 Å². The number of aryl methyl sites for hydroxylation is 2. The van der Waals surface area contributed by atoms with Gasteiger partial charge in [0.1, 0.15) is 6.07 Å². The van der Waals surface area contributed by atoms with E-state index in [9.17, 15) is 4.79 Å². The van der Waals surface area contributed by atoms with Gasteiger partial charge in [-0.3, -0.25) is 4.79 Å². The molecule has 19 heavy (non-hydrogen) atoms. The summed E-state index contributed by atoms with van der Waals surface area (Å²) < 4.78 is 4.38. The van der Waals surface area contributed by atoms with Gasteiger partial charge in [-0.05, 0) is 10.3 Å². The summed E-state index contributed by atoms with van der Waals surface area (Å²) in [5, 5.41) is 18.0. The zero-order valence-corrected chi connectivity index (χ0v) is 13.2. The standard InChI is InChI=1S/C12H9N4O2.Y/c1-7-3-4-9(8(2)5-7)12(17)14-11-10(6-13)15-18-16-11;/h3-4H,1-2H3,(H,14,16,17);/q-1;. The fourth-order valence-electron chi connectivity index (χ4n) is 1.50. The van der Waals surface area contributed by atoms with Crippen molar-refractivity contribution in [3.05, 3.63) is 40.6 Å². The van der Waals surface area contributed by atoms with Crippen molar-refractivity contribution in [2.24, 2.45) is 0 Å². The molecule has 0 spiro atoms. The number of carbonyl (C=O) groups is 1. The number of nitrogens with one attached hydrogen (secondary N) is 1. The molecule has 93 valence electrons. The average molecular weight is 330 g/mol. The predicted molar refractivity (Wildman–Crippen MR) is 61.7 cm³/mol. The van der Waals surface area contributed by atoms with Gasteiger partial charge in [0.25, 0.3) is 0 Å². The summed E-state index contributed by atoms with van der Waals surface area (Å²) in [6, 6.07) is 8.29. The summed E-state index contributed by atoms with van der Waals surface area (Å²) in [6.07, 6.45) is 0. The Morgan fingerprint density at radius 3 is 2.79 bits per heavy atom. The third-order valence-electron chi connectivity index (χ3n) is 2.36. The molecule has 2 rings (SSSR count). The SMILES string of the molecule is Cc1[c-]c(C)c(C(=O)Nc2nonc2C#N)cc1.[Y]. The van der Waals surface area contributed by atoms with E-state index in [-0.39, 0.29) is 50.1 Å². The molecule has 0 aliphatic heterocycles. The molecule has 1 heterocycles. The quantitative estimate of drug-likeness (QED) is 0.845. The summed E-state index contributed by atoms with van der Waals surface area (Å²) in [4.78, 5) is 12.0. The second-order valence-electron chi connectivity index (χ2n) is 3.71. The second-order valence-corrected chi connectivity index (χ2v) is 3.71. The largest absolute Gasteiger partial charge is 0.312 e. The Morgan fingerprint density at radius 2 is 2.16 bits per heavy atom. The van der Waals surface area contributed by atoms with Crippen LogP contribution in [0.4, 0.5) is 5.82 Å². The average Bonchev–Trinajstić information content (AvgIpc) is 2.76. The van der Waals surface area contributed by atoms with Crippen molar-refractivity contribution in [2.75, 3.05) is 5.32 Å². The molecule has 0 aliphatic carbocycles. The number of aromatic nitrogens is 2. The molecule has 2 aromatic rings. The molecule has 0 aliphatic rings. The van der Waals surface area contributed by atoms with Gasteiger partial charge in [0.2, 0.25) is 17.4 Å². The summed E-state index contributed by atoms with van der Waals surface area (Å²) in [6.45, 7) is 3.68. The molecule has 1 aromatic heterocycles. The van der Waals surface area contributed by atoms with Gasteiger partial charge in [0.05, 0.1) is 0 Å². The Hall–Kier alpha value is -1.58. The molecular formula is C12H9N4O2Y-. The van der Waals surface area contributed by atoms with Crippen molar-refractivity contribution in [2.45, 2.75) is 13.8 Å². The topological polar surface area (TPSA) is 91.8 Å². The molecule has 0 atom stereocenters. The van der Waals surface area contributed by atoms with E-state index in [1.807, 2.05) is 6.92 Å². The number of amides is 1. The fourth-order valence-corrected chi connectivity index (χ4v) is 1.50. The molecule has 0 saturated carbocycles. The van der Waals surface area contributed by atoms with E-state index in [4.69, 9.17) is 5.26 Å². The Morgan fingerprint density at radius 1 is 1.42 bits per heavy atom. The minimum Gasteiger partial charge on any atom is -0.312 e. The molecular weight excluding hydrogens is 321 g/mol. The van der Waals surface area contributed by atoms with Crippen LogP contribution in [0.5, 0.6) is 0 Å². The van der Waals surface area contributed by atoms with E-state index in [1.54, 1.807) is 25.1 Å². The Labute approximate surface area is 135 Å². The Balaban J connectivity index is 0.00000180. The van der Waals surface area contributed by atoms with Gasteiger partial charge in [-0.25, -0.2) is 4.63 Å². The molecule has 1 aromatic carbocycles. The van der Waals surface area contributed by atoms with Gasteiger partial charge < -0.3 is 5.32 Å². The van der Waals surface area contributed by atoms with Gasteiger partial charge in [-0.2, -0.15) is 34.6 Å². The minimum absolute atomic E-state index is 0. The van der Waals surface area contributed by atoms with Crippen molar-refractivity contribution in [3.63, 3.8) is 0 Å². The normalized spacial score (nSPS) is 9.32. The van der Waals surface area contributed by atoms with E-state index in [2.05, 4.69) is 26.3 Å². The number of nitrogens with zero attached hydrogens (tertiary/aromatic N) is 3. The number of hydrogen-bond acceptors (Lipinski definition) is 5.